The fourth-order valence-corrected chi connectivity index (χ4v) is 3.36. The molecule has 3 atom stereocenters. The van der Waals surface area contributed by atoms with Gasteiger partial charge in [0.05, 0.1) is 0 Å². The topological polar surface area (TPSA) is 60.8 Å². The summed E-state index contributed by atoms with van der Waals surface area (Å²) >= 11 is 0. The molecule has 0 radical (unpaired) electrons. The first-order valence-corrected chi connectivity index (χ1v) is 7.64. The molecule has 1 aromatic carbocycles. The van der Waals surface area contributed by atoms with Crippen molar-refractivity contribution in [2.24, 2.45) is 5.92 Å². The van der Waals surface area contributed by atoms with Crippen LogP contribution in [0.25, 0.3) is 0 Å². The van der Waals surface area contributed by atoms with Crippen LogP contribution in [0, 0.1) is 5.92 Å². The number of aliphatic carboxylic acids is 1. The number of carboxylic acid groups (broad SMARTS) is 1. The zero-order valence-corrected chi connectivity index (χ0v) is 12.8. The van der Waals surface area contributed by atoms with E-state index in [1.165, 1.54) is 39.3 Å². The van der Waals surface area contributed by atoms with Crippen molar-refractivity contribution in [3.05, 3.63) is 35.4 Å². The Morgan fingerprint density at radius 2 is 2.05 bits per heavy atom. The Kier molecular flexibility index (Phi) is 5.37. The lowest BCUT2D eigenvalue weighted by Crippen LogP contribution is -2.26. The molecule has 1 aliphatic carbocycles. The van der Waals surface area contributed by atoms with E-state index < -0.39 is 12.1 Å². The summed E-state index contributed by atoms with van der Waals surface area (Å²) < 4.78 is 0. The molecule has 0 spiro atoms. The molecule has 1 saturated heterocycles. The van der Waals surface area contributed by atoms with Crippen molar-refractivity contribution < 1.29 is 15.0 Å². The third kappa shape index (κ3) is 4.29. The Hall–Kier alpha value is -1.39. The van der Waals surface area contributed by atoms with E-state index in [0.29, 0.717) is 0 Å². The number of benzene rings is 1. The highest BCUT2D eigenvalue weighted by atomic mass is 16.4. The van der Waals surface area contributed by atoms with Crippen LogP contribution in [0.4, 0.5) is 0 Å². The summed E-state index contributed by atoms with van der Waals surface area (Å²) in [6.45, 7) is 3.77. The van der Waals surface area contributed by atoms with Crippen molar-refractivity contribution in [3.63, 3.8) is 0 Å². The van der Waals surface area contributed by atoms with E-state index in [2.05, 4.69) is 36.2 Å². The van der Waals surface area contributed by atoms with Gasteiger partial charge in [-0.3, -0.25) is 0 Å². The molecule has 3 unspecified atom stereocenters. The number of carbonyl (C=O) groups is 1. The van der Waals surface area contributed by atoms with Crippen LogP contribution < -0.4 is 0 Å². The number of aliphatic hydroxyl groups is 1. The van der Waals surface area contributed by atoms with Crippen LogP contribution >= 0.6 is 0 Å². The quantitative estimate of drug-likeness (QED) is 0.832. The maximum atomic E-state index is 9.45. The van der Waals surface area contributed by atoms with Gasteiger partial charge in [0.2, 0.25) is 0 Å². The zero-order chi connectivity index (χ0) is 15.4. The van der Waals surface area contributed by atoms with Crippen molar-refractivity contribution in [2.45, 2.75) is 38.2 Å². The number of aliphatic hydroxyl groups excluding tert-OH is 1. The average molecular weight is 291 g/mol. The maximum absolute atomic E-state index is 9.45. The van der Waals surface area contributed by atoms with E-state index >= 15 is 0 Å². The first kappa shape index (κ1) is 16.0. The van der Waals surface area contributed by atoms with Crippen LogP contribution in [0.1, 0.15) is 36.8 Å². The van der Waals surface area contributed by atoms with Gasteiger partial charge in [-0.2, -0.15) is 0 Å². The number of fused-ring (bicyclic) bond motifs is 4. The van der Waals surface area contributed by atoms with Crippen LogP contribution in [0.15, 0.2) is 24.3 Å². The molecule has 1 heterocycles. The van der Waals surface area contributed by atoms with Gasteiger partial charge in [0.25, 0.3) is 0 Å². The third-order valence-corrected chi connectivity index (χ3v) is 4.41. The van der Waals surface area contributed by atoms with E-state index in [4.69, 9.17) is 10.2 Å². The summed E-state index contributed by atoms with van der Waals surface area (Å²) in [6, 6.07) is 9.08. The lowest BCUT2D eigenvalue weighted by Gasteiger charge is -2.29. The minimum absolute atomic E-state index is 0.838. The largest absolute Gasteiger partial charge is 0.479 e. The molecule has 1 fully saturated rings. The van der Waals surface area contributed by atoms with Crippen molar-refractivity contribution >= 4 is 5.97 Å². The van der Waals surface area contributed by atoms with Crippen molar-refractivity contribution in [2.75, 3.05) is 20.1 Å². The molecule has 3 rings (SSSR count). The van der Waals surface area contributed by atoms with Gasteiger partial charge in [-0.05, 0) is 62.7 Å². The normalized spacial score (nSPS) is 25.9. The predicted octanol–water partition coefficient (Wildman–Crippen LogP) is 2.12. The number of hydrogen-bond acceptors (Lipinski definition) is 3. The van der Waals surface area contributed by atoms with E-state index in [1.807, 2.05) is 0 Å². The van der Waals surface area contributed by atoms with Gasteiger partial charge in [-0.1, -0.05) is 24.3 Å². The highest BCUT2D eigenvalue weighted by Gasteiger charge is 2.29. The molecule has 0 aromatic heterocycles. The van der Waals surface area contributed by atoms with Gasteiger partial charge in [0.15, 0.2) is 0 Å². The van der Waals surface area contributed by atoms with Gasteiger partial charge in [-0.25, -0.2) is 4.79 Å². The lowest BCUT2D eigenvalue weighted by atomic mass is 9.76. The van der Waals surface area contributed by atoms with Gasteiger partial charge in [0.1, 0.15) is 6.10 Å². The summed E-state index contributed by atoms with van der Waals surface area (Å²) in [5.41, 5.74) is 3.26. The Morgan fingerprint density at radius 3 is 2.71 bits per heavy atom. The Balaban J connectivity index is 0.000000232. The maximum Gasteiger partial charge on any atom is 0.332 e. The molecular formula is C17H25NO3. The molecule has 2 N–H and O–H groups in total. The number of rotatable bonds is 1. The first-order valence-electron chi connectivity index (χ1n) is 7.64. The summed E-state index contributed by atoms with van der Waals surface area (Å²) in [5.74, 6) is 0.553. The second kappa shape index (κ2) is 7.05. The number of nitrogens with zero attached hydrogens (tertiary/aromatic N) is 1. The zero-order valence-electron chi connectivity index (χ0n) is 12.8. The van der Waals surface area contributed by atoms with Crippen molar-refractivity contribution in [3.8, 4) is 0 Å². The Bertz CT molecular complexity index is 487. The van der Waals surface area contributed by atoms with Gasteiger partial charge in [-0.15, -0.1) is 0 Å². The molecular weight excluding hydrogens is 266 g/mol. The molecule has 4 nitrogen and oxygen atoms in total. The van der Waals surface area contributed by atoms with Gasteiger partial charge >= 0.3 is 5.97 Å². The fourth-order valence-electron chi connectivity index (χ4n) is 3.36. The van der Waals surface area contributed by atoms with Crippen molar-refractivity contribution in [1.29, 1.82) is 0 Å². The van der Waals surface area contributed by atoms with Crippen molar-refractivity contribution in [1.82, 2.24) is 4.90 Å². The Labute approximate surface area is 126 Å². The molecule has 1 aliphatic heterocycles. The number of carboxylic acids is 1. The standard InChI is InChI=1S/C14H19N.C3H6O3/c1-15-7-6-13-9-11(10-15)8-12-4-2-3-5-14(12)13;1-2(4)3(5)6/h2-5,11,13H,6-10H2,1H3;2,4H,1H3,(H,5,6). The molecule has 4 heteroatoms. The molecule has 0 saturated carbocycles. The molecule has 1 aromatic rings. The van der Waals surface area contributed by atoms with Gasteiger partial charge in [0, 0.05) is 6.54 Å². The van der Waals surface area contributed by atoms with Crippen LogP contribution in [0.5, 0.6) is 0 Å². The average Bonchev–Trinajstić information content (AvgIpc) is 2.59. The number of likely N-dealkylation sites (tertiary alicyclic amines) is 1. The van der Waals surface area contributed by atoms with Crippen LogP contribution in [-0.2, 0) is 11.2 Å². The SMILES string of the molecule is CC(O)C(=O)O.CN1CCC2CC(Cc3ccccc32)C1. The third-order valence-electron chi connectivity index (χ3n) is 4.41. The summed E-state index contributed by atoms with van der Waals surface area (Å²) in [4.78, 5) is 12.0. The summed E-state index contributed by atoms with van der Waals surface area (Å²) in [5, 5.41) is 15.8. The molecule has 21 heavy (non-hydrogen) atoms. The lowest BCUT2D eigenvalue weighted by molar-refractivity contribution is -0.145. The van der Waals surface area contributed by atoms with E-state index in [0.717, 1.165) is 11.8 Å². The van der Waals surface area contributed by atoms with E-state index in [9.17, 15) is 4.79 Å². The van der Waals surface area contributed by atoms with Crippen LogP contribution in [0.2, 0.25) is 0 Å². The predicted molar refractivity (Wildman–Crippen MR) is 82.4 cm³/mol. The van der Waals surface area contributed by atoms with Gasteiger partial charge < -0.3 is 15.1 Å². The molecule has 2 aliphatic rings. The second-order valence-corrected chi connectivity index (χ2v) is 6.27. The minimum Gasteiger partial charge on any atom is -0.479 e. The first-order chi connectivity index (χ1) is 9.97. The monoisotopic (exact) mass is 291 g/mol. The summed E-state index contributed by atoms with van der Waals surface area (Å²) in [6.07, 6.45) is 2.84. The minimum atomic E-state index is -1.23. The number of hydrogen-bond donors (Lipinski definition) is 2. The summed E-state index contributed by atoms with van der Waals surface area (Å²) in [7, 11) is 2.27. The second-order valence-electron chi connectivity index (χ2n) is 6.27. The fraction of sp³-hybridized carbons (Fsp3) is 0.588. The molecule has 116 valence electrons. The van der Waals surface area contributed by atoms with Crippen LogP contribution in [0.3, 0.4) is 0 Å². The molecule has 0 amide bonds. The van der Waals surface area contributed by atoms with Crippen LogP contribution in [-0.4, -0.2) is 47.3 Å². The van der Waals surface area contributed by atoms with E-state index in [1.54, 1.807) is 11.1 Å². The van der Waals surface area contributed by atoms with E-state index in [-0.39, 0.29) is 0 Å². The highest BCUT2D eigenvalue weighted by molar-refractivity contribution is 5.71. The highest BCUT2D eigenvalue weighted by Crippen LogP contribution is 2.38. The smallest absolute Gasteiger partial charge is 0.332 e. The molecule has 2 bridgehead atoms. The Morgan fingerprint density at radius 1 is 1.38 bits per heavy atom.